The summed E-state index contributed by atoms with van der Waals surface area (Å²) in [5.74, 6) is 0.231. The van der Waals surface area contributed by atoms with Gasteiger partial charge in [-0.15, -0.1) is 0 Å². The van der Waals surface area contributed by atoms with E-state index < -0.39 is 6.10 Å². The molecule has 3 aromatic carbocycles. The molecule has 8 nitrogen and oxygen atoms in total. The highest BCUT2D eigenvalue weighted by atomic mass is 35.5. The molecule has 0 saturated carbocycles. The topological polar surface area (TPSA) is 83.1 Å². The third-order valence-electron chi connectivity index (χ3n) is 7.64. The number of hydrogen-bond acceptors (Lipinski definition) is 6. The molecule has 42 heavy (non-hydrogen) atoms. The second-order valence-electron chi connectivity index (χ2n) is 10.7. The molecule has 1 saturated heterocycles. The van der Waals surface area contributed by atoms with Gasteiger partial charge < -0.3 is 20.1 Å². The van der Waals surface area contributed by atoms with Crippen molar-refractivity contribution in [2.75, 3.05) is 37.7 Å². The quantitative estimate of drug-likeness (QED) is 0.374. The van der Waals surface area contributed by atoms with Gasteiger partial charge in [-0.2, -0.15) is 0 Å². The Morgan fingerprint density at radius 3 is 2.26 bits per heavy atom. The zero-order valence-corrected chi connectivity index (χ0v) is 24.6. The molecule has 3 aromatic rings. The van der Waals surface area contributed by atoms with Crippen molar-refractivity contribution in [2.24, 2.45) is 0 Å². The molecule has 0 bridgehead atoms. The van der Waals surface area contributed by atoms with Crippen molar-refractivity contribution in [3.63, 3.8) is 0 Å². The predicted molar refractivity (Wildman–Crippen MR) is 163 cm³/mol. The summed E-state index contributed by atoms with van der Waals surface area (Å²) >= 11 is 12.0. The van der Waals surface area contributed by atoms with Crippen molar-refractivity contribution in [1.29, 1.82) is 0 Å². The Morgan fingerprint density at radius 1 is 0.905 bits per heavy atom. The fourth-order valence-electron chi connectivity index (χ4n) is 5.46. The molecule has 2 N–H and O–H groups in total. The number of nitrogens with zero attached hydrogens (tertiary/aromatic N) is 2. The Kier molecular flexibility index (Phi) is 8.79. The first-order valence-electron chi connectivity index (χ1n) is 14.1. The lowest BCUT2D eigenvalue weighted by Gasteiger charge is -2.37. The van der Waals surface area contributed by atoms with Crippen LogP contribution in [0.3, 0.4) is 0 Å². The largest absolute Gasteiger partial charge is 0.477 e. The number of ether oxygens (including phenoxy) is 2. The van der Waals surface area contributed by atoms with E-state index in [2.05, 4.69) is 21.6 Å². The van der Waals surface area contributed by atoms with Crippen LogP contribution >= 0.6 is 23.2 Å². The summed E-state index contributed by atoms with van der Waals surface area (Å²) in [6, 6.07) is 19.0. The van der Waals surface area contributed by atoms with Crippen LogP contribution in [0, 0.1) is 0 Å². The molecule has 1 atom stereocenters. The number of benzene rings is 3. The van der Waals surface area contributed by atoms with Crippen molar-refractivity contribution in [3.05, 3.63) is 105 Å². The van der Waals surface area contributed by atoms with Gasteiger partial charge in [0.15, 0.2) is 6.10 Å². The van der Waals surface area contributed by atoms with Crippen LogP contribution < -0.4 is 20.3 Å². The van der Waals surface area contributed by atoms with Gasteiger partial charge in [0.25, 0.3) is 5.91 Å². The SMILES string of the molecule is O=C(NCc1ccc(Cl)cc1)C1=CN2C(=O)C(CNCc3ccc(Cl)cc3)Oc3cc(CN4CCOCC4)cc(c32)C1. The number of rotatable bonds is 9. The van der Waals surface area contributed by atoms with E-state index in [0.29, 0.717) is 66.3 Å². The van der Waals surface area contributed by atoms with Crippen LogP contribution in [-0.4, -0.2) is 55.7 Å². The van der Waals surface area contributed by atoms with Crippen LogP contribution in [0.4, 0.5) is 5.69 Å². The highest BCUT2D eigenvalue weighted by Gasteiger charge is 2.38. The summed E-state index contributed by atoms with van der Waals surface area (Å²) in [6.45, 7) is 5.09. The van der Waals surface area contributed by atoms with Crippen LogP contribution in [0.15, 0.2) is 72.4 Å². The van der Waals surface area contributed by atoms with Crippen LogP contribution in [0.5, 0.6) is 5.75 Å². The maximum Gasteiger partial charge on any atom is 0.273 e. The molecule has 2 amide bonds. The van der Waals surface area contributed by atoms with E-state index in [1.54, 1.807) is 23.2 Å². The number of anilines is 1. The maximum absolute atomic E-state index is 13.7. The molecule has 1 unspecified atom stereocenters. The minimum Gasteiger partial charge on any atom is -0.477 e. The molecule has 0 aromatic heterocycles. The normalized spacial score (nSPS) is 18.2. The fraction of sp³-hybridized carbons (Fsp3) is 0.312. The second kappa shape index (κ2) is 12.9. The van der Waals surface area contributed by atoms with Gasteiger partial charge in [0.2, 0.25) is 5.91 Å². The minimum atomic E-state index is -0.746. The van der Waals surface area contributed by atoms with E-state index in [1.807, 2.05) is 42.5 Å². The Balaban J connectivity index is 1.23. The summed E-state index contributed by atoms with van der Waals surface area (Å²) < 4.78 is 11.8. The van der Waals surface area contributed by atoms with Gasteiger partial charge in [0.05, 0.1) is 18.9 Å². The van der Waals surface area contributed by atoms with Crippen LogP contribution in [0.2, 0.25) is 10.0 Å². The van der Waals surface area contributed by atoms with Crippen LogP contribution in [-0.2, 0) is 40.4 Å². The van der Waals surface area contributed by atoms with E-state index in [1.165, 1.54) is 0 Å². The van der Waals surface area contributed by atoms with Gasteiger partial charge in [0.1, 0.15) is 5.75 Å². The molecule has 1 fully saturated rings. The average Bonchev–Trinajstić information content (AvgIpc) is 3.00. The molecular weight excluding hydrogens is 575 g/mol. The molecule has 0 spiro atoms. The van der Waals surface area contributed by atoms with Crippen LogP contribution in [0.25, 0.3) is 0 Å². The van der Waals surface area contributed by atoms with Crippen molar-refractivity contribution in [3.8, 4) is 5.75 Å². The standard InChI is InChI=1S/C32H32Cl2N4O4/c33-26-5-1-21(2-6-26)16-35-18-29-32(40)38-20-25(31(39)36-17-22-3-7-27(34)8-4-22)15-24-13-23(14-28(42-29)30(24)38)19-37-9-11-41-12-10-37/h1-8,13-14,20,29,35H,9-12,15-19H2,(H,36,39). The molecule has 0 radical (unpaired) electrons. The molecule has 3 heterocycles. The third-order valence-corrected chi connectivity index (χ3v) is 8.15. The first-order chi connectivity index (χ1) is 20.4. The smallest absolute Gasteiger partial charge is 0.273 e. The van der Waals surface area contributed by atoms with Crippen LogP contribution in [0.1, 0.15) is 22.3 Å². The lowest BCUT2D eigenvalue weighted by Crippen LogP contribution is -2.49. The van der Waals surface area contributed by atoms with Crippen molar-refractivity contribution in [2.45, 2.75) is 32.2 Å². The number of hydrogen-bond donors (Lipinski definition) is 2. The highest BCUT2D eigenvalue weighted by molar-refractivity contribution is 6.30. The van der Waals surface area contributed by atoms with Gasteiger partial charge in [-0.3, -0.25) is 19.4 Å². The van der Waals surface area contributed by atoms with Gasteiger partial charge in [-0.05, 0) is 52.6 Å². The van der Waals surface area contributed by atoms with Crippen molar-refractivity contribution < 1.29 is 19.1 Å². The Morgan fingerprint density at radius 2 is 1.57 bits per heavy atom. The zero-order chi connectivity index (χ0) is 29.1. The maximum atomic E-state index is 13.7. The summed E-state index contributed by atoms with van der Waals surface area (Å²) in [5.41, 5.74) is 5.21. The molecule has 3 aliphatic rings. The third kappa shape index (κ3) is 6.64. The monoisotopic (exact) mass is 606 g/mol. The number of nitrogens with one attached hydrogen (secondary N) is 2. The van der Waals surface area contributed by atoms with Crippen molar-refractivity contribution in [1.82, 2.24) is 15.5 Å². The van der Waals surface area contributed by atoms with Crippen molar-refractivity contribution >= 4 is 40.7 Å². The first kappa shape index (κ1) is 28.7. The zero-order valence-electron chi connectivity index (χ0n) is 23.1. The molecule has 6 rings (SSSR count). The average molecular weight is 608 g/mol. The molecule has 0 aliphatic carbocycles. The van der Waals surface area contributed by atoms with Gasteiger partial charge in [-0.1, -0.05) is 53.5 Å². The lowest BCUT2D eigenvalue weighted by atomic mass is 9.94. The van der Waals surface area contributed by atoms with Gasteiger partial charge in [0, 0.05) is 67.5 Å². The number of carbonyl (C=O) groups is 2. The van der Waals surface area contributed by atoms with E-state index in [0.717, 1.165) is 41.9 Å². The van der Waals surface area contributed by atoms with E-state index in [9.17, 15) is 9.59 Å². The number of halogens is 2. The van der Waals surface area contributed by atoms with E-state index in [-0.39, 0.29) is 11.8 Å². The Hall–Kier alpha value is -3.40. The molecule has 3 aliphatic heterocycles. The predicted octanol–water partition coefficient (Wildman–Crippen LogP) is 4.47. The summed E-state index contributed by atoms with van der Waals surface area (Å²) in [4.78, 5) is 31.0. The second-order valence-corrected chi connectivity index (χ2v) is 11.6. The summed E-state index contributed by atoms with van der Waals surface area (Å²) in [6.07, 6.45) is 1.32. The number of morpholine rings is 1. The van der Waals surface area contributed by atoms with E-state index in [4.69, 9.17) is 32.7 Å². The highest BCUT2D eigenvalue weighted by Crippen LogP contribution is 2.42. The number of amides is 2. The fourth-order valence-corrected chi connectivity index (χ4v) is 5.71. The molecular formula is C32H32Cl2N4O4. The minimum absolute atomic E-state index is 0.212. The van der Waals surface area contributed by atoms with Gasteiger partial charge >= 0.3 is 0 Å². The number of carbonyl (C=O) groups excluding carboxylic acids is 2. The van der Waals surface area contributed by atoms with E-state index >= 15 is 0 Å². The molecule has 218 valence electrons. The summed E-state index contributed by atoms with van der Waals surface area (Å²) in [7, 11) is 0. The lowest BCUT2D eigenvalue weighted by molar-refractivity contribution is -0.125. The Bertz CT molecular complexity index is 1490. The molecule has 10 heteroatoms. The van der Waals surface area contributed by atoms with Gasteiger partial charge in [-0.25, -0.2) is 0 Å². The first-order valence-corrected chi connectivity index (χ1v) is 14.8. The summed E-state index contributed by atoms with van der Waals surface area (Å²) in [5, 5.41) is 7.65. The Labute approximate surface area is 255 Å².